The molecule has 1 heterocycles. The summed E-state index contributed by atoms with van der Waals surface area (Å²) in [6, 6.07) is 7.19. The number of thiocarbonyl (C=S) groups is 1. The molecular weight excluding hydrogens is 341 g/mol. The van der Waals surface area contributed by atoms with E-state index in [1.807, 2.05) is 12.1 Å². The fourth-order valence-electron chi connectivity index (χ4n) is 1.76. The Bertz CT molecular complexity index is 619. The van der Waals surface area contributed by atoms with Crippen LogP contribution in [-0.2, 0) is 6.42 Å². The van der Waals surface area contributed by atoms with Crippen molar-refractivity contribution in [3.63, 3.8) is 0 Å². The number of rotatable bonds is 5. The first-order valence-corrected chi connectivity index (χ1v) is 7.20. The summed E-state index contributed by atoms with van der Waals surface area (Å²) < 4.78 is 14.4. The first-order valence-electron chi connectivity index (χ1n) is 6.00. The Hall–Kier alpha value is -1.53. The van der Waals surface area contributed by atoms with Crippen LogP contribution in [0, 0.1) is 5.82 Å². The molecule has 0 saturated carbocycles. The molecule has 0 radical (unpaired) electrons. The van der Waals surface area contributed by atoms with Gasteiger partial charge in [0.1, 0.15) is 4.99 Å². The number of nitrogens with zero attached hydrogens (tertiary/aromatic N) is 1. The zero-order valence-electron chi connectivity index (χ0n) is 10.6. The molecule has 0 aliphatic heterocycles. The fraction of sp³-hybridized carbons (Fsp3) is 0.143. The molecule has 0 spiro atoms. The van der Waals surface area contributed by atoms with Gasteiger partial charge < -0.3 is 11.1 Å². The summed E-state index contributed by atoms with van der Waals surface area (Å²) in [4.78, 5) is 4.20. The van der Waals surface area contributed by atoms with Crippen LogP contribution in [-0.4, -0.2) is 16.5 Å². The molecule has 1 aromatic heterocycles. The predicted molar refractivity (Wildman–Crippen MR) is 86.4 cm³/mol. The largest absolute Gasteiger partial charge is 0.389 e. The number of anilines is 1. The van der Waals surface area contributed by atoms with Gasteiger partial charge in [-0.2, -0.15) is 0 Å². The molecule has 0 aliphatic rings. The van der Waals surface area contributed by atoms with Crippen molar-refractivity contribution in [2.75, 3.05) is 11.9 Å². The second-order valence-corrected chi connectivity index (χ2v) is 5.42. The Balaban J connectivity index is 2.04. The van der Waals surface area contributed by atoms with E-state index in [0.717, 1.165) is 12.0 Å². The summed E-state index contributed by atoms with van der Waals surface area (Å²) in [6.07, 6.45) is 4.29. The Morgan fingerprint density at radius 3 is 2.85 bits per heavy atom. The maximum atomic E-state index is 14.1. The SMILES string of the molecule is NC(=S)c1ccc(NCCc2cccnc2)c(F)c1Br. The molecule has 104 valence electrons. The fourth-order valence-corrected chi connectivity index (χ4v) is 2.62. The normalized spacial score (nSPS) is 10.3. The van der Waals surface area contributed by atoms with Crippen molar-refractivity contribution < 1.29 is 4.39 Å². The van der Waals surface area contributed by atoms with E-state index in [9.17, 15) is 4.39 Å². The summed E-state index contributed by atoms with van der Waals surface area (Å²) in [7, 11) is 0. The molecule has 0 amide bonds. The zero-order chi connectivity index (χ0) is 14.5. The van der Waals surface area contributed by atoms with E-state index < -0.39 is 0 Å². The Kier molecular flexibility index (Phi) is 5.03. The second kappa shape index (κ2) is 6.76. The van der Waals surface area contributed by atoms with Crippen LogP contribution < -0.4 is 11.1 Å². The Labute approximate surface area is 130 Å². The molecule has 2 rings (SSSR count). The average Bonchev–Trinajstić information content (AvgIpc) is 2.44. The number of hydrogen-bond acceptors (Lipinski definition) is 3. The third-order valence-electron chi connectivity index (χ3n) is 2.80. The molecule has 0 fully saturated rings. The van der Waals surface area contributed by atoms with E-state index in [2.05, 4.69) is 26.2 Å². The van der Waals surface area contributed by atoms with Crippen LogP contribution in [0.5, 0.6) is 0 Å². The van der Waals surface area contributed by atoms with Gasteiger partial charge in [-0.3, -0.25) is 4.98 Å². The van der Waals surface area contributed by atoms with Crippen molar-refractivity contribution in [1.29, 1.82) is 0 Å². The van der Waals surface area contributed by atoms with E-state index in [-0.39, 0.29) is 15.3 Å². The third kappa shape index (κ3) is 3.52. The van der Waals surface area contributed by atoms with Crippen molar-refractivity contribution in [2.45, 2.75) is 6.42 Å². The van der Waals surface area contributed by atoms with Crippen LogP contribution in [0.15, 0.2) is 41.1 Å². The van der Waals surface area contributed by atoms with Gasteiger partial charge in [0.15, 0.2) is 5.82 Å². The maximum Gasteiger partial charge on any atom is 0.161 e. The van der Waals surface area contributed by atoms with Gasteiger partial charge in [-0.25, -0.2) is 4.39 Å². The summed E-state index contributed by atoms with van der Waals surface area (Å²) in [5.74, 6) is -0.388. The van der Waals surface area contributed by atoms with Gasteiger partial charge >= 0.3 is 0 Å². The summed E-state index contributed by atoms with van der Waals surface area (Å²) in [6.45, 7) is 0.613. The van der Waals surface area contributed by atoms with Gasteiger partial charge in [-0.05, 0) is 46.1 Å². The van der Waals surface area contributed by atoms with E-state index in [0.29, 0.717) is 17.8 Å². The molecule has 0 bridgehead atoms. The smallest absolute Gasteiger partial charge is 0.161 e. The molecule has 6 heteroatoms. The molecule has 0 unspecified atom stereocenters. The van der Waals surface area contributed by atoms with Gasteiger partial charge in [0.2, 0.25) is 0 Å². The second-order valence-electron chi connectivity index (χ2n) is 4.19. The highest BCUT2D eigenvalue weighted by atomic mass is 79.9. The lowest BCUT2D eigenvalue weighted by Gasteiger charge is -2.11. The van der Waals surface area contributed by atoms with Gasteiger partial charge in [0.25, 0.3) is 0 Å². The van der Waals surface area contributed by atoms with Crippen molar-refractivity contribution in [1.82, 2.24) is 4.98 Å². The molecular formula is C14H13BrFN3S. The van der Waals surface area contributed by atoms with Gasteiger partial charge in [0, 0.05) is 24.5 Å². The van der Waals surface area contributed by atoms with E-state index in [1.165, 1.54) is 0 Å². The number of halogens is 2. The highest BCUT2D eigenvalue weighted by molar-refractivity contribution is 9.10. The van der Waals surface area contributed by atoms with Crippen LogP contribution in [0.1, 0.15) is 11.1 Å². The summed E-state index contributed by atoms with van der Waals surface area (Å²) in [5, 5.41) is 3.05. The maximum absolute atomic E-state index is 14.1. The van der Waals surface area contributed by atoms with Gasteiger partial charge in [0.05, 0.1) is 10.2 Å². The van der Waals surface area contributed by atoms with Crippen LogP contribution in [0.3, 0.4) is 0 Å². The number of benzene rings is 1. The minimum atomic E-state index is -0.388. The quantitative estimate of drug-likeness (QED) is 0.810. The molecule has 3 N–H and O–H groups in total. The van der Waals surface area contributed by atoms with Gasteiger partial charge in [-0.1, -0.05) is 18.3 Å². The number of hydrogen-bond donors (Lipinski definition) is 2. The van der Waals surface area contributed by atoms with Crippen molar-refractivity contribution in [3.8, 4) is 0 Å². The number of aromatic nitrogens is 1. The summed E-state index contributed by atoms with van der Waals surface area (Å²) >= 11 is 8.03. The lowest BCUT2D eigenvalue weighted by molar-refractivity contribution is 0.623. The highest BCUT2D eigenvalue weighted by Crippen LogP contribution is 2.27. The molecule has 1 aromatic carbocycles. The number of nitrogens with one attached hydrogen (secondary N) is 1. The monoisotopic (exact) mass is 353 g/mol. The van der Waals surface area contributed by atoms with Crippen molar-refractivity contribution in [2.24, 2.45) is 5.73 Å². The molecule has 2 aromatic rings. The third-order valence-corrected chi connectivity index (χ3v) is 3.79. The average molecular weight is 354 g/mol. The molecule has 3 nitrogen and oxygen atoms in total. The lowest BCUT2D eigenvalue weighted by Crippen LogP contribution is -2.12. The van der Waals surface area contributed by atoms with E-state index in [4.69, 9.17) is 18.0 Å². The minimum Gasteiger partial charge on any atom is -0.389 e. The van der Waals surface area contributed by atoms with E-state index in [1.54, 1.807) is 24.5 Å². The van der Waals surface area contributed by atoms with Crippen molar-refractivity contribution in [3.05, 3.63) is 58.1 Å². The number of pyridine rings is 1. The molecule has 0 atom stereocenters. The lowest BCUT2D eigenvalue weighted by atomic mass is 10.2. The van der Waals surface area contributed by atoms with Crippen molar-refractivity contribution >= 4 is 38.8 Å². The van der Waals surface area contributed by atoms with Gasteiger partial charge in [-0.15, -0.1) is 0 Å². The minimum absolute atomic E-state index is 0.165. The standard InChI is InChI=1S/C14H13BrFN3S/c15-12-10(14(17)20)3-4-11(13(12)16)19-7-5-9-2-1-6-18-8-9/h1-4,6,8,19H,5,7H2,(H2,17,20). The zero-order valence-corrected chi connectivity index (χ0v) is 13.0. The van der Waals surface area contributed by atoms with Crippen LogP contribution in [0.25, 0.3) is 0 Å². The first kappa shape index (κ1) is 14.9. The number of nitrogens with two attached hydrogens (primary N) is 1. The topological polar surface area (TPSA) is 50.9 Å². The Morgan fingerprint density at radius 1 is 1.40 bits per heavy atom. The highest BCUT2D eigenvalue weighted by Gasteiger charge is 2.12. The summed E-state index contributed by atoms with van der Waals surface area (Å²) in [5.41, 5.74) is 7.53. The Morgan fingerprint density at radius 2 is 2.20 bits per heavy atom. The molecule has 20 heavy (non-hydrogen) atoms. The van der Waals surface area contributed by atoms with Crippen LogP contribution in [0.2, 0.25) is 0 Å². The van der Waals surface area contributed by atoms with Crippen LogP contribution >= 0.6 is 28.1 Å². The van der Waals surface area contributed by atoms with Crippen LogP contribution in [0.4, 0.5) is 10.1 Å². The van der Waals surface area contributed by atoms with E-state index >= 15 is 0 Å². The first-order chi connectivity index (χ1) is 9.59. The molecule has 0 saturated heterocycles. The molecule has 0 aliphatic carbocycles. The predicted octanol–water partition coefficient (Wildman–Crippen LogP) is 3.27.